The van der Waals surface area contributed by atoms with Crippen molar-refractivity contribution in [3.8, 4) is 6.07 Å². The Hall–Kier alpha value is -1.84. The Bertz CT molecular complexity index is 603. The van der Waals surface area contributed by atoms with Crippen LogP contribution in [0.5, 0.6) is 0 Å². The largest absolute Gasteiger partial charge is 0.331 e. The lowest BCUT2D eigenvalue weighted by atomic mass is 9.82. The molecule has 2 heterocycles. The number of fused-ring (bicyclic) bond motifs is 1. The molecule has 0 aromatic carbocycles. The molecule has 0 N–H and O–H groups in total. The first-order valence-corrected chi connectivity index (χ1v) is 9.52. The van der Waals surface area contributed by atoms with E-state index in [9.17, 15) is 14.0 Å². The normalized spacial score (nSPS) is 36.1. The summed E-state index contributed by atoms with van der Waals surface area (Å²) in [5.74, 6) is 0.917. The minimum Gasteiger partial charge on any atom is -0.331 e. The summed E-state index contributed by atoms with van der Waals surface area (Å²) in [6.07, 6.45) is 2.25. The van der Waals surface area contributed by atoms with Crippen molar-refractivity contribution in [1.82, 2.24) is 14.7 Å². The average molecular weight is 364 g/mol. The van der Waals surface area contributed by atoms with Gasteiger partial charge in [0.2, 0.25) is 5.91 Å². The molecule has 144 valence electrons. The number of urea groups is 1. The van der Waals surface area contributed by atoms with Crippen molar-refractivity contribution in [2.75, 3.05) is 33.7 Å². The number of rotatable bonds is 3. The van der Waals surface area contributed by atoms with Crippen LogP contribution in [0.4, 0.5) is 9.18 Å². The number of amides is 3. The Morgan fingerprint density at radius 2 is 1.85 bits per heavy atom. The maximum Gasteiger partial charge on any atom is 0.319 e. The monoisotopic (exact) mass is 364 g/mol. The lowest BCUT2D eigenvalue weighted by molar-refractivity contribution is -0.132. The summed E-state index contributed by atoms with van der Waals surface area (Å²) in [6.45, 7) is 3.88. The van der Waals surface area contributed by atoms with Crippen molar-refractivity contribution in [3.63, 3.8) is 0 Å². The van der Waals surface area contributed by atoms with Gasteiger partial charge in [0.15, 0.2) is 0 Å². The van der Waals surface area contributed by atoms with Crippen LogP contribution in [-0.4, -0.2) is 72.6 Å². The van der Waals surface area contributed by atoms with Crippen LogP contribution in [0.1, 0.15) is 39.0 Å². The predicted molar refractivity (Wildman–Crippen MR) is 94.8 cm³/mol. The van der Waals surface area contributed by atoms with Gasteiger partial charge in [0.05, 0.1) is 12.6 Å². The zero-order valence-electron chi connectivity index (χ0n) is 15.9. The Kier molecular flexibility index (Phi) is 5.14. The highest BCUT2D eigenvalue weighted by Gasteiger charge is 2.48. The maximum absolute atomic E-state index is 13.5. The van der Waals surface area contributed by atoms with Gasteiger partial charge in [0.25, 0.3) is 0 Å². The van der Waals surface area contributed by atoms with Crippen molar-refractivity contribution in [2.24, 2.45) is 17.3 Å². The molecule has 5 atom stereocenters. The van der Waals surface area contributed by atoms with Crippen LogP contribution in [0, 0.1) is 28.6 Å². The van der Waals surface area contributed by atoms with E-state index in [4.69, 9.17) is 5.26 Å². The molecule has 6 nitrogen and oxygen atoms in total. The van der Waals surface area contributed by atoms with E-state index in [1.807, 2.05) is 11.0 Å². The number of likely N-dealkylation sites (tertiary alicyclic amines) is 2. The zero-order chi connectivity index (χ0) is 19.1. The summed E-state index contributed by atoms with van der Waals surface area (Å²) < 4.78 is 13.5. The van der Waals surface area contributed by atoms with E-state index < -0.39 is 12.2 Å². The molecular weight excluding hydrogens is 335 g/mol. The molecule has 7 heteroatoms. The van der Waals surface area contributed by atoms with E-state index >= 15 is 0 Å². The predicted octanol–water partition coefficient (Wildman–Crippen LogP) is 2.26. The second-order valence-electron chi connectivity index (χ2n) is 8.85. The van der Waals surface area contributed by atoms with Gasteiger partial charge in [0, 0.05) is 40.0 Å². The molecule has 0 aromatic heterocycles. The maximum atomic E-state index is 13.5. The lowest BCUT2D eigenvalue weighted by Crippen LogP contribution is -2.38. The van der Waals surface area contributed by atoms with Crippen LogP contribution in [0.3, 0.4) is 0 Å². The van der Waals surface area contributed by atoms with Gasteiger partial charge in [-0.05, 0) is 36.5 Å². The Balaban J connectivity index is 1.51. The highest BCUT2D eigenvalue weighted by atomic mass is 19.1. The summed E-state index contributed by atoms with van der Waals surface area (Å²) in [5.41, 5.74) is 0.0925. The fourth-order valence-corrected chi connectivity index (χ4v) is 5.13. The van der Waals surface area contributed by atoms with E-state index in [0.29, 0.717) is 18.3 Å². The zero-order valence-corrected chi connectivity index (χ0v) is 15.9. The second-order valence-corrected chi connectivity index (χ2v) is 8.85. The molecule has 3 fully saturated rings. The van der Waals surface area contributed by atoms with E-state index in [2.05, 4.69) is 6.92 Å². The Labute approximate surface area is 154 Å². The smallest absolute Gasteiger partial charge is 0.319 e. The van der Waals surface area contributed by atoms with Crippen molar-refractivity contribution in [1.29, 1.82) is 5.26 Å². The fourth-order valence-electron chi connectivity index (χ4n) is 5.13. The van der Waals surface area contributed by atoms with Gasteiger partial charge >= 0.3 is 6.03 Å². The molecule has 0 spiro atoms. The molecule has 3 rings (SSSR count). The number of nitriles is 1. The molecular formula is C19H29FN4O2. The first-order chi connectivity index (χ1) is 12.2. The molecule has 26 heavy (non-hydrogen) atoms. The summed E-state index contributed by atoms with van der Waals surface area (Å²) in [4.78, 5) is 29.6. The van der Waals surface area contributed by atoms with Gasteiger partial charge in [-0.1, -0.05) is 6.92 Å². The van der Waals surface area contributed by atoms with Crippen LogP contribution in [0.2, 0.25) is 0 Å². The molecule has 1 saturated carbocycles. The van der Waals surface area contributed by atoms with Crippen LogP contribution in [0.15, 0.2) is 0 Å². The highest BCUT2D eigenvalue weighted by molar-refractivity contribution is 5.77. The number of carbonyl (C=O) groups excluding carboxylic acids is 2. The minimum atomic E-state index is -1.08. The van der Waals surface area contributed by atoms with Gasteiger partial charge in [-0.2, -0.15) is 5.26 Å². The van der Waals surface area contributed by atoms with Gasteiger partial charge < -0.3 is 14.7 Å². The molecule has 0 bridgehead atoms. The topological polar surface area (TPSA) is 67.7 Å². The summed E-state index contributed by atoms with van der Waals surface area (Å²) in [7, 11) is 3.56. The van der Waals surface area contributed by atoms with Gasteiger partial charge in [0.1, 0.15) is 12.2 Å². The molecule has 1 unspecified atom stereocenters. The number of hydrogen-bond donors (Lipinski definition) is 0. The van der Waals surface area contributed by atoms with Gasteiger partial charge in [-0.3, -0.25) is 4.79 Å². The van der Waals surface area contributed by atoms with Gasteiger partial charge in [-0.25, -0.2) is 9.18 Å². The van der Waals surface area contributed by atoms with Crippen LogP contribution in [-0.2, 0) is 4.79 Å². The summed E-state index contributed by atoms with van der Waals surface area (Å²) >= 11 is 0. The highest BCUT2D eigenvalue weighted by Crippen LogP contribution is 2.51. The quantitative estimate of drug-likeness (QED) is 0.771. The van der Waals surface area contributed by atoms with E-state index in [1.54, 1.807) is 19.0 Å². The molecule has 3 amide bonds. The fraction of sp³-hybridized carbons (Fsp3) is 0.842. The summed E-state index contributed by atoms with van der Waals surface area (Å²) in [6, 6.07) is 1.51. The third-order valence-electron chi connectivity index (χ3n) is 6.40. The SMILES string of the molecule is CN(C)C(=O)N1C[C@@H]2CC(C)(CCC(=O)N3C[C@@H](F)C[C@H]3C#N)C[C@@H]2C1. The lowest BCUT2D eigenvalue weighted by Gasteiger charge is -2.29. The third-order valence-corrected chi connectivity index (χ3v) is 6.40. The molecule has 2 aliphatic heterocycles. The number of carbonyl (C=O) groups is 2. The number of alkyl halides is 1. The minimum absolute atomic E-state index is 0.0562. The molecule has 2 saturated heterocycles. The first kappa shape index (κ1) is 18.9. The van der Waals surface area contributed by atoms with E-state index in [0.717, 1.165) is 32.4 Å². The third kappa shape index (κ3) is 3.65. The van der Waals surface area contributed by atoms with Crippen LogP contribution < -0.4 is 0 Å². The van der Waals surface area contributed by atoms with Crippen LogP contribution >= 0.6 is 0 Å². The van der Waals surface area contributed by atoms with E-state index in [1.165, 1.54) is 4.90 Å². The Morgan fingerprint density at radius 1 is 1.23 bits per heavy atom. The van der Waals surface area contributed by atoms with Gasteiger partial charge in [-0.15, -0.1) is 0 Å². The molecule has 0 aromatic rings. The molecule has 0 radical (unpaired) electrons. The average Bonchev–Trinajstić information content (AvgIpc) is 3.22. The standard InChI is InChI=1S/C19H29FN4O2/c1-19(5-4-17(25)24-12-15(20)6-16(24)9-21)7-13-10-23(11-14(13)8-19)18(26)22(2)3/h13-16H,4-8,10-12H2,1-3H3/t13-,14+,15-,16-,19?/m0/s1. The van der Waals surface area contributed by atoms with Crippen molar-refractivity contribution < 1.29 is 14.0 Å². The van der Waals surface area contributed by atoms with E-state index in [-0.39, 0.29) is 30.3 Å². The summed E-state index contributed by atoms with van der Waals surface area (Å²) in [5, 5.41) is 9.10. The number of nitrogens with zero attached hydrogens (tertiary/aromatic N) is 4. The first-order valence-electron chi connectivity index (χ1n) is 9.52. The molecule has 1 aliphatic carbocycles. The van der Waals surface area contributed by atoms with Crippen LogP contribution in [0.25, 0.3) is 0 Å². The molecule has 3 aliphatic rings. The number of hydrogen-bond acceptors (Lipinski definition) is 3. The number of halogens is 1. The van der Waals surface area contributed by atoms with Crippen molar-refractivity contribution >= 4 is 11.9 Å². The van der Waals surface area contributed by atoms with Crippen molar-refractivity contribution in [3.05, 3.63) is 0 Å². The van der Waals surface area contributed by atoms with Crippen molar-refractivity contribution in [2.45, 2.75) is 51.2 Å². The second kappa shape index (κ2) is 7.05. The Morgan fingerprint density at radius 3 is 2.38 bits per heavy atom.